The van der Waals surface area contributed by atoms with Crippen LogP contribution in [0.1, 0.15) is 47.0 Å². The summed E-state index contributed by atoms with van der Waals surface area (Å²) in [5.74, 6) is -3.01. The van der Waals surface area contributed by atoms with E-state index in [0.29, 0.717) is 17.9 Å². The Balaban J connectivity index is 1.71. The fraction of sp³-hybridized carbons (Fsp3) is 0.750. The van der Waals surface area contributed by atoms with Gasteiger partial charge in [-0.3, -0.25) is 14.4 Å². The highest BCUT2D eigenvalue weighted by molar-refractivity contribution is 8.03. The third kappa shape index (κ3) is 5.03. The molecule has 0 saturated carbocycles. The predicted molar refractivity (Wildman–Crippen MR) is 128 cm³/mol. The van der Waals surface area contributed by atoms with E-state index >= 15 is 0 Å². The number of hydrogen-bond acceptors (Lipinski definition) is 6. The molecule has 190 valence electrons. The van der Waals surface area contributed by atoms with E-state index in [4.69, 9.17) is 0 Å². The Labute approximate surface area is 204 Å². The molecule has 34 heavy (non-hydrogen) atoms. The Morgan fingerprint density at radius 2 is 1.91 bits per heavy atom. The number of thioether (sulfide) groups is 1. The Kier molecular flexibility index (Phi) is 8.12. The number of hydrogen-bond donors (Lipinski definition) is 2. The van der Waals surface area contributed by atoms with Crippen molar-refractivity contribution in [2.45, 2.75) is 70.5 Å². The number of β-lactam (4-membered cyclic amide) rings is 1. The number of carbonyl (C=O) groups excluding carboxylic acids is 3. The van der Waals surface area contributed by atoms with Crippen LogP contribution in [0.25, 0.3) is 0 Å². The molecule has 3 aliphatic heterocycles. The summed E-state index contributed by atoms with van der Waals surface area (Å²) < 4.78 is 14.3. The molecule has 0 radical (unpaired) electrons. The molecule has 8 nitrogen and oxygen atoms in total. The van der Waals surface area contributed by atoms with Gasteiger partial charge in [0.25, 0.3) is 0 Å². The topological polar surface area (TPSA) is 107 Å². The Bertz CT molecular complexity index is 892. The number of nitrogens with one attached hydrogen (secondary N) is 1. The van der Waals surface area contributed by atoms with Crippen molar-refractivity contribution in [2.75, 3.05) is 20.6 Å². The smallest absolute Gasteiger partial charge is 0.353 e. The molecule has 2 N–H and O–H groups in total. The molecule has 3 rings (SSSR count). The number of likely N-dealkylation sites (N-methyl/N-ethyl adjacent to an activating group) is 1. The number of halogens is 1. The number of carbonyl (C=O) groups is 4. The van der Waals surface area contributed by atoms with Gasteiger partial charge in [-0.25, -0.2) is 9.18 Å². The summed E-state index contributed by atoms with van der Waals surface area (Å²) in [6, 6.07) is -0.657. The molecule has 3 heterocycles. The van der Waals surface area contributed by atoms with Gasteiger partial charge in [0.1, 0.15) is 5.70 Å². The van der Waals surface area contributed by atoms with Gasteiger partial charge in [-0.15, -0.1) is 11.8 Å². The van der Waals surface area contributed by atoms with Gasteiger partial charge in [-0.1, -0.05) is 27.7 Å². The van der Waals surface area contributed by atoms with Gasteiger partial charge in [0.2, 0.25) is 11.8 Å². The van der Waals surface area contributed by atoms with Gasteiger partial charge < -0.3 is 20.2 Å². The zero-order chi connectivity index (χ0) is 25.5. The van der Waals surface area contributed by atoms with Gasteiger partial charge in [0, 0.05) is 43.1 Å². The molecule has 0 unspecified atom stereocenters. The largest absolute Gasteiger partial charge is 0.477 e. The van der Waals surface area contributed by atoms with Gasteiger partial charge in [0.15, 0.2) is 12.0 Å². The second-order valence-corrected chi connectivity index (χ2v) is 11.8. The van der Waals surface area contributed by atoms with Gasteiger partial charge >= 0.3 is 5.97 Å². The Morgan fingerprint density at radius 1 is 1.26 bits per heavy atom. The van der Waals surface area contributed by atoms with E-state index in [9.17, 15) is 28.7 Å². The first-order valence-corrected chi connectivity index (χ1v) is 12.8. The highest BCUT2D eigenvalue weighted by Gasteiger charge is 2.60. The lowest BCUT2D eigenvalue weighted by Crippen LogP contribution is -2.62. The molecule has 0 aromatic rings. The molecule has 0 aliphatic carbocycles. The summed E-state index contributed by atoms with van der Waals surface area (Å²) in [5, 5.41) is 13.1. The fourth-order valence-electron chi connectivity index (χ4n) is 5.36. The zero-order valence-corrected chi connectivity index (χ0v) is 21.5. The number of aliphatic carboxylic acids is 1. The van der Waals surface area contributed by atoms with Crippen molar-refractivity contribution in [3.05, 3.63) is 10.6 Å². The van der Waals surface area contributed by atoms with Crippen LogP contribution in [0.15, 0.2) is 10.6 Å². The van der Waals surface area contributed by atoms with E-state index < -0.39 is 23.8 Å². The number of nitrogens with zero attached hydrogens (tertiary/aromatic N) is 2. The first kappa shape index (κ1) is 26.7. The quantitative estimate of drug-likeness (QED) is 0.446. The van der Waals surface area contributed by atoms with Crippen molar-refractivity contribution in [3.63, 3.8) is 0 Å². The molecule has 2 amide bonds. The third-order valence-corrected chi connectivity index (χ3v) is 8.59. The van der Waals surface area contributed by atoms with Gasteiger partial charge in [-0.2, -0.15) is 0 Å². The third-order valence-electron chi connectivity index (χ3n) is 7.08. The summed E-state index contributed by atoms with van der Waals surface area (Å²) in [4.78, 5) is 53.3. The highest BCUT2D eigenvalue weighted by Crippen LogP contribution is 2.53. The molecule has 0 spiro atoms. The minimum absolute atomic E-state index is 0.00726. The highest BCUT2D eigenvalue weighted by atomic mass is 32.2. The summed E-state index contributed by atoms with van der Waals surface area (Å²) in [6.45, 7) is 7.96. The van der Waals surface area contributed by atoms with Crippen LogP contribution in [0.4, 0.5) is 4.39 Å². The monoisotopic (exact) mass is 497 g/mol. The van der Waals surface area contributed by atoms with Crippen LogP contribution >= 0.6 is 11.8 Å². The minimum Gasteiger partial charge on any atom is -0.477 e. The standard InChI is InChI=1S/C24H36FN3O5S/c1-11(2)7-15(25)17(29)8-12(3)18-19-13(4)21(20(24(32)33)28(19)23(18)31)34-14-9-16(26-10-14)22(30)27(5)6/h11-16,18-19,26H,7-10H2,1-6H3,(H,32,33)/t12-,13+,14-,15+,16-,18+,19+/m0/s1. The van der Waals surface area contributed by atoms with Crippen LogP contribution in [0.2, 0.25) is 0 Å². The number of Topliss-reactive ketones (excluding diaryl/α,β-unsaturated/α-hetero) is 1. The van der Waals surface area contributed by atoms with Crippen molar-refractivity contribution >= 4 is 35.3 Å². The molecule has 0 aromatic heterocycles. The second kappa shape index (κ2) is 10.4. The van der Waals surface area contributed by atoms with Crippen LogP contribution in [-0.2, 0) is 19.2 Å². The maximum Gasteiger partial charge on any atom is 0.353 e. The lowest BCUT2D eigenvalue weighted by atomic mass is 9.73. The lowest BCUT2D eigenvalue weighted by molar-refractivity contribution is -0.160. The number of rotatable bonds is 10. The van der Waals surface area contributed by atoms with Crippen molar-refractivity contribution in [2.24, 2.45) is 23.7 Å². The number of carboxylic acids is 1. The molecule has 0 bridgehead atoms. The predicted octanol–water partition coefficient (Wildman–Crippen LogP) is 2.29. The summed E-state index contributed by atoms with van der Waals surface area (Å²) in [5.41, 5.74) is 0.00726. The number of carboxylic acid groups (broad SMARTS) is 1. The van der Waals surface area contributed by atoms with Crippen LogP contribution in [0.5, 0.6) is 0 Å². The van der Waals surface area contributed by atoms with E-state index in [1.165, 1.54) is 21.6 Å². The first-order chi connectivity index (χ1) is 15.8. The lowest BCUT2D eigenvalue weighted by Gasteiger charge is -2.47. The van der Waals surface area contributed by atoms with E-state index in [0.717, 1.165) is 0 Å². The number of fused-ring (bicyclic) bond motifs is 1. The number of alkyl halides is 1. The molecule has 10 heteroatoms. The molecule has 2 saturated heterocycles. The second-order valence-electron chi connectivity index (χ2n) is 10.4. The van der Waals surface area contributed by atoms with Crippen molar-refractivity contribution < 1.29 is 28.7 Å². The number of amides is 2. The van der Waals surface area contributed by atoms with E-state index in [2.05, 4.69) is 5.32 Å². The molecular weight excluding hydrogens is 461 g/mol. The molecule has 2 fully saturated rings. The fourth-order valence-corrected chi connectivity index (χ4v) is 6.84. The van der Waals surface area contributed by atoms with E-state index in [1.807, 2.05) is 20.8 Å². The van der Waals surface area contributed by atoms with E-state index in [-0.39, 0.29) is 65.4 Å². The molecule has 3 aliphatic rings. The maximum atomic E-state index is 14.3. The van der Waals surface area contributed by atoms with Crippen molar-refractivity contribution in [1.29, 1.82) is 0 Å². The van der Waals surface area contributed by atoms with Crippen LogP contribution < -0.4 is 5.32 Å². The van der Waals surface area contributed by atoms with Crippen LogP contribution in [-0.4, -0.2) is 82.6 Å². The first-order valence-electron chi connectivity index (χ1n) is 11.9. The molecule has 0 aromatic carbocycles. The average Bonchev–Trinajstić information content (AvgIpc) is 3.29. The van der Waals surface area contributed by atoms with E-state index in [1.54, 1.807) is 21.0 Å². The summed E-state index contributed by atoms with van der Waals surface area (Å²) in [6.07, 6.45) is -0.839. The van der Waals surface area contributed by atoms with Crippen LogP contribution in [0.3, 0.4) is 0 Å². The molecule has 7 atom stereocenters. The Morgan fingerprint density at radius 3 is 2.47 bits per heavy atom. The average molecular weight is 498 g/mol. The summed E-state index contributed by atoms with van der Waals surface area (Å²) in [7, 11) is 3.40. The Hall–Kier alpha value is -1.94. The summed E-state index contributed by atoms with van der Waals surface area (Å²) >= 11 is 1.43. The zero-order valence-electron chi connectivity index (χ0n) is 20.7. The normalized spacial score (nSPS) is 30.3. The minimum atomic E-state index is -1.54. The maximum absolute atomic E-state index is 14.3. The van der Waals surface area contributed by atoms with Crippen molar-refractivity contribution in [3.8, 4) is 0 Å². The van der Waals surface area contributed by atoms with Crippen molar-refractivity contribution in [1.82, 2.24) is 15.1 Å². The number of ketones is 1. The SMILES string of the molecule is CC(C)C[C@@H](F)C(=O)C[C@H](C)[C@H]1C(=O)N2C(C(=O)O)=C(S[C@@H]3CN[C@H](C(=O)N(C)C)C3)[C@H](C)[C@H]12. The molecular formula is C24H36FN3O5S. The van der Waals surface area contributed by atoms with Crippen LogP contribution in [0, 0.1) is 23.7 Å². The van der Waals surface area contributed by atoms with Gasteiger partial charge in [0.05, 0.1) is 18.0 Å². The van der Waals surface area contributed by atoms with Gasteiger partial charge in [-0.05, 0) is 24.7 Å².